The van der Waals surface area contributed by atoms with Crippen LogP contribution in [0, 0.1) is 20.8 Å². The molecule has 0 fully saturated rings. The number of hydrogen-bond donors (Lipinski definition) is 1. The summed E-state index contributed by atoms with van der Waals surface area (Å²) in [4.78, 5) is 30.1. The molecule has 45 heavy (non-hydrogen) atoms. The van der Waals surface area contributed by atoms with Crippen LogP contribution < -0.4 is 9.62 Å². The van der Waals surface area contributed by atoms with E-state index in [0.29, 0.717) is 5.69 Å². The third-order valence-corrected chi connectivity index (χ3v) is 9.42. The number of carbonyl (C=O) groups is 2. The van der Waals surface area contributed by atoms with Gasteiger partial charge in [-0.15, -0.1) is 0 Å². The maximum absolute atomic E-state index is 14.6. The summed E-state index contributed by atoms with van der Waals surface area (Å²) in [6.45, 7) is 11.2. The van der Waals surface area contributed by atoms with Gasteiger partial charge in [0.05, 0.1) is 10.6 Å². The van der Waals surface area contributed by atoms with E-state index in [1.54, 1.807) is 30.3 Å². The minimum Gasteiger partial charge on any atom is -0.350 e. The Morgan fingerprint density at radius 1 is 0.756 bits per heavy atom. The molecule has 0 aliphatic carbocycles. The quantitative estimate of drug-likeness (QED) is 0.210. The second-order valence-corrected chi connectivity index (χ2v) is 14.4. The third kappa shape index (κ3) is 8.82. The Balaban J connectivity index is 1.82. The first-order valence-corrected chi connectivity index (χ1v) is 16.5. The number of carbonyl (C=O) groups excluding carboxylic acids is 2. The summed E-state index contributed by atoms with van der Waals surface area (Å²) < 4.78 is 29.4. The summed E-state index contributed by atoms with van der Waals surface area (Å²) in [6, 6.07) is 29.9. The molecule has 0 aromatic heterocycles. The smallest absolute Gasteiger partial charge is 0.264 e. The fraction of sp³-hybridized carbons (Fsp3) is 0.297. The SMILES string of the molecule is Cc1ccc(CN(C(=O)CN(c2ccc(C)c(C)c2)S(=O)(=O)c2ccccc2)[C@@H](Cc2ccccc2)C(=O)NC(C)(C)C)cc1. The summed E-state index contributed by atoms with van der Waals surface area (Å²) in [5.41, 5.74) is 4.52. The van der Waals surface area contributed by atoms with Gasteiger partial charge in [0, 0.05) is 18.5 Å². The molecule has 0 radical (unpaired) electrons. The topological polar surface area (TPSA) is 86.8 Å². The zero-order valence-electron chi connectivity index (χ0n) is 26.9. The lowest BCUT2D eigenvalue weighted by Gasteiger charge is -2.35. The van der Waals surface area contributed by atoms with Crippen LogP contribution in [-0.2, 0) is 32.6 Å². The van der Waals surface area contributed by atoms with Crippen molar-refractivity contribution in [1.29, 1.82) is 0 Å². The number of amides is 2. The van der Waals surface area contributed by atoms with Gasteiger partial charge in [-0.3, -0.25) is 13.9 Å². The van der Waals surface area contributed by atoms with Crippen molar-refractivity contribution in [3.8, 4) is 0 Å². The van der Waals surface area contributed by atoms with Crippen molar-refractivity contribution in [2.45, 2.75) is 71.0 Å². The first-order valence-electron chi connectivity index (χ1n) is 15.1. The van der Waals surface area contributed by atoms with Gasteiger partial charge in [-0.1, -0.05) is 84.4 Å². The van der Waals surface area contributed by atoms with Crippen molar-refractivity contribution in [2.24, 2.45) is 0 Å². The van der Waals surface area contributed by atoms with E-state index in [1.807, 2.05) is 102 Å². The van der Waals surface area contributed by atoms with E-state index >= 15 is 0 Å². The molecule has 0 spiro atoms. The Morgan fingerprint density at radius 2 is 1.36 bits per heavy atom. The minimum atomic E-state index is -4.14. The maximum atomic E-state index is 14.6. The van der Waals surface area contributed by atoms with E-state index in [-0.39, 0.29) is 23.8 Å². The number of hydrogen-bond acceptors (Lipinski definition) is 4. The first-order chi connectivity index (χ1) is 21.2. The molecule has 0 heterocycles. The molecule has 1 N–H and O–H groups in total. The molecule has 4 aromatic rings. The summed E-state index contributed by atoms with van der Waals surface area (Å²) >= 11 is 0. The monoisotopic (exact) mass is 625 g/mol. The average molecular weight is 626 g/mol. The zero-order chi connectivity index (χ0) is 32.8. The second-order valence-electron chi connectivity index (χ2n) is 12.5. The normalized spacial score (nSPS) is 12.3. The van der Waals surface area contributed by atoms with Crippen LogP contribution in [0.5, 0.6) is 0 Å². The van der Waals surface area contributed by atoms with Gasteiger partial charge < -0.3 is 10.2 Å². The summed E-state index contributed by atoms with van der Waals surface area (Å²) in [7, 11) is -4.14. The molecule has 0 aliphatic rings. The molecule has 8 heteroatoms. The van der Waals surface area contributed by atoms with Crippen LogP contribution in [-0.4, -0.2) is 43.3 Å². The molecular formula is C37H43N3O4S. The first kappa shape index (κ1) is 33.5. The lowest BCUT2D eigenvalue weighted by Crippen LogP contribution is -2.56. The highest BCUT2D eigenvalue weighted by molar-refractivity contribution is 7.92. The minimum absolute atomic E-state index is 0.0763. The fourth-order valence-corrected chi connectivity index (χ4v) is 6.45. The number of aryl methyl sites for hydroxylation is 3. The molecule has 2 amide bonds. The highest BCUT2D eigenvalue weighted by Gasteiger charge is 2.35. The molecule has 0 bridgehead atoms. The van der Waals surface area contributed by atoms with Crippen LogP contribution in [0.3, 0.4) is 0 Å². The Morgan fingerprint density at radius 3 is 1.93 bits per heavy atom. The fourth-order valence-electron chi connectivity index (χ4n) is 5.03. The van der Waals surface area contributed by atoms with Crippen LogP contribution >= 0.6 is 0 Å². The molecule has 0 saturated carbocycles. The largest absolute Gasteiger partial charge is 0.350 e. The number of nitrogens with zero attached hydrogens (tertiary/aromatic N) is 2. The van der Waals surface area contributed by atoms with Gasteiger partial charge in [0.25, 0.3) is 10.0 Å². The molecule has 1 atom stereocenters. The third-order valence-electron chi connectivity index (χ3n) is 7.63. The van der Waals surface area contributed by atoms with Crippen LogP contribution in [0.25, 0.3) is 0 Å². The summed E-state index contributed by atoms with van der Waals surface area (Å²) in [5, 5.41) is 3.06. The van der Waals surface area contributed by atoms with Crippen LogP contribution in [0.4, 0.5) is 5.69 Å². The van der Waals surface area contributed by atoms with Crippen LogP contribution in [0.1, 0.15) is 48.6 Å². The van der Waals surface area contributed by atoms with E-state index < -0.39 is 34.1 Å². The Kier molecular flexibility index (Phi) is 10.5. The van der Waals surface area contributed by atoms with E-state index in [2.05, 4.69) is 5.32 Å². The number of nitrogens with one attached hydrogen (secondary N) is 1. The van der Waals surface area contributed by atoms with Gasteiger partial charge in [0.1, 0.15) is 12.6 Å². The van der Waals surface area contributed by atoms with Gasteiger partial charge in [0.2, 0.25) is 11.8 Å². The van der Waals surface area contributed by atoms with E-state index in [1.165, 1.54) is 17.0 Å². The lowest BCUT2D eigenvalue weighted by molar-refractivity contribution is -0.140. The van der Waals surface area contributed by atoms with Crippen LogP contribution in [0.2, 0.25) is 0 Å². The summed E-state index contributed by atoms with van der Waals surface area (Å²) in [5.74, 6) is -0.797. The molecule has 0 saturated heterocycles. The molecule has 7 nitrogen and oxygen atoms in total. The Labute approximate surface area is 268 Å². The average Bonchev–Trinajstić information content (AvgIpc) is 3.00. The van der Waals surface area contributed by atoms with Crippen molar-refractivity contribution < 1.29 is 18.0 Å². The van der Waals surface area contributed by atoms with Gasteiger partial charge in [-0.05, 0) is 88.1 Å². The maximum Gasteiger partial charge on any atom is 0.264 e. The second kappa shape index (κ2) is 14.1. The zero-order valence-corrected chi connectivity index (χ0v) is 27.8. The predicted molar refractivity (Wildman–Crippen MR) is 180 cm³/mol. The number of anilines is 1. The molecule has 0 aliphatic heterocycles. The Hall–Kier alpha value is -4.43. The van der Waals surface area contributed by atoms with Crippen molar-refractivity contribution >= 4 is 27.5 Å². The molecule has 0 unspecified atom stereocenters. The van der Waals surface area contributed by atoms with Crippen molar-refractivity contribution in [1.82, 2.24) is 10.2 Å². The number of benzene rings is 4. The van der Waals surface area contributed by atoms with Gasteiger partial charge >= 0.3 is 0 Å². The standard InChI is InChI=1S/C37H43N3O4S/c1-27-17-20-31(21-18-27)25-39(34(36(42)38-37(4,5)6)24-30-13-9-7-10-14-30)35(41)26-40(32-22-19-28(2)29(3)23-32)45(43,44)33-15-11-8-12-16-33/h7-23,34H,24-26H2,1-6H3,(H,38,42)/t34-/m0/s1. The number of sulfonamides is 1. The van der Waals surface area contributed by atoms with Gasteiger partial charge in [-0.25, -0.2) is 8.42 Å². The van der Waals surface area contributed by atoms with Gasteiger partial charge in [0.15, 0.2) is 0 Å². The van der Waals surface area contributed by atoms with E-state index in [4.69, 9.17) is 0 Å². The summed E-state index contributed by atoms with van der Waals surface area (Å²) in [6.07, 6.45) is 0.259. The molecule has 4 aromatic carbocycles. The number of rotatable bonds is 11. The molecule has 4 rings (SSSR count). The van der Waals surface area contributed by atoms with Gasteiger partial charge in [-0.2, -0.15) is 0 Å². The van der Waals surface area contributed by atoms with E-state index in [9.17, 15) is 18.0 Å². The highest BCUT2D eigenvalue weighted by Crippen LogP contribution is 2.27. The van der Waals surface area contributed by atoms with Crippen molar-refractivity contribution in [3.63, 3.8) is 0 Å². The molecule has 236 valence electrons. The van der Waals surface area contributed by atoms with Crippen LogP contribution in [0.15, 0.2) is 108 Å². The van der Waals surface area contributed by atoms with Crippen molar-refractivity contribution in [2.75, 3.05) is 10.8 Å². The molecular weight excluding hydrogens is 582 g/mol. The van der Waals surface area contributed by atoms with E-state index in [0.717, 1.165) is 32.1 Å². The predicted octanol–water partition coefficient (Wildman–Crippen LogP) is 6.36. The lowest BCUT2D eigenvalue weighted by atomic mass is 10.0. The highest BCUT2D eigenvalue weighted by atomic mass is 32.2. The van der Waals surface area contributed by atoms with Crippen molar-refractivity contribution in [3.05, 3.63) is 131 Å². The Bertz CT molecular complexity index is 1720.